The highest BCUT2D eigenvalue weighted by Gasteiger charge is 2.33. The first-order chi connectivity index (χ1) is 12.8. The van der Waals surface area contributed by atoms with Crippen molar-refractivity contribution in [3.8, 4) is 0 Å². The zero-order valence-electron chi connectivity index (χ0n) is 21.1. The Kier molecular flexibility index (Phi) is 9.97. The van der Waals surface area contributed by atoms with Crippen molar-refractivity contribution in [2.75, 3.05) is 89.2 Å². The summed E-state index contributed by atoms with van der Waals surface area (Å²) in [5.41, 5.74) is -0.382. The molecule has 1 unspecified atom stereocenters. The molecule has 0 aromatic carbocycles. The number of amides is 1. The maximum atomic E-state index is 12.6. The second kappa shape index (κ2) is 10.3. The number of carbonyl (C=O) groups excluding carboxylic acids is 2. The smallest absolute Gasteiger partial charge is 0.232 e. The average molecular weight is 418 g/mol. The highest BCUT2D eigenvalue weighted by Crippen LogP contribution is 2.22. The number of likely N-dealkylation sites (N-methyl/N-ethyl adjacent to an activating group) is 3. The van der Waals surface area contributed by atoms with Crippen molar-refractivity contribution in [3.05, 3.63) is 0 Å². The molecule has 0 fully saturated rings. The van der Waals surface area contributed by atoms with Crippen LogP contribution in [-0.2, 0) is 9.59 Å². The molecule has 7 heteroatoms. The molecule has 0 saturated heterocycles. The van der Waals surface area contributed by atoms with E-state index in [4.69, 9.17) is 0 Å². The third kappa shape index (κ3) is 11.7. The highest BCUT2D eigenvalue weighted by atomic mass is 16.3. The van der Waals surface area contributed by atoms with E-state index in [0.717, 1.165) is 6.42 Å². The van der Waals surface area contributed by atoms with Gasteiger partial charge in [0, 0.05) is 12.5 Å². The van der Waals surface area contributed by atoms with Gasteiger partial charge in [-0.15, -0.1) is 0 Å². The number of ketones is 1. The van der Waals surface area contributed by atoms with Crippen LogP contribution in [0.4, 0.5) is 0 Å². The number of aliphatic hydroxyl groups is 1. The van der Waals surface area contributed by atoms with E-state index in [1.807, 2.05) is 41.9 Å². The Bertz CT molecular complexity index is 551. The Morgan fingerprint density at radius 1 is 0.966 bits per heavy atom. The molecular weight excluding hydrogens is 368 g/mol. The van der Waals surface area contributed by atoms with Crippen LogP contribution in [0, 0.1) is 5.41 Å². The monoisotopic (exact) mass is 417 g/mol. The third-order valence-corrected chi connectivity index (χ3v) is 5.47. The van der Waals surface area contributed by atoms with Gasteiger partial charge in [0.1, 0.15) is 19.6 Å². The molecule has 0 aliphatic rings. The molecule has 0 spiro atoms. The van der Waals surface area contributed by atoms with Gasteiger partial charge in [0.25, 0.3) is 0 Å². The number of quaternary nitrogens is 3. The normalized spacial score (nSPS) is 14.6. The quantitative estimate of drug-likeness (QED) is 0.360. The van der Waals surface area contributed by atoms with E-state index in [1.165, 1.54) is 0 Å². The van der Waals surface area contributed by atoms with E-state index in [0.29, 0.717) is 52.7 Å². The average Bonchev–Trinajstić information content (AvgIpc) is 2.48. The van der Waals surface area contributed by atoms with Gasteiger partial charge in [-0.3, -0.25) is 14.5 Å². The lowest BCUT2D eigenvalue weighted by atomic mass is 9.89. The summed E-state index contributed by atoms with van der Waals surface area (Å²) < 4.78 is 1.79. The maximum Gasteiger partial charge on any atom is 0.232 e. The molecule has 0 heterocycles. The summed E-state index contributed by atoms with van der Waals surface area (Å²) in [7, 11) is 16.1. The Balaban J connectivity index is 4.66. The molecule has 29 heavy (non-hydrogen) atoms. The zero-order chi connectivity index (χ0) is 23.3. The van der Waals surface area contributed by atoms with Crippen molar-refractivity contribution < 1.29 is 28.1 Å². The van der Waals surface area contributed by atoms with Gasteiger partial charge in [-0.05, 0) is 6.42 Å². The number of carbonyl (C=O) groups is 2. The first kappa shape index (κ1) is 28.0. The number of hydrogen-bond acceptors (Lipinski definition) is 3. The number of aliphatic hydroxyl groups excluding tert-OH is 1. The van der Waals surface area contributed by atoms with Gasteiger partial charge < -0.3 is 18.6 Å². The SMILES string of the molecule is CCC(C)(C)C(=O)N(C)C[N+](C)(C)CC(=O)CC[N+](C)(C)CC(O)C[N+](C)(C)C. The van der Waals surface area contributed by atoms with Crippen LogP contribution in [-0.4, -0.2) is 130 Å². The third-order valence-electron chi connectivity index (χ3n) is 5.47. The molecule has 172 valence electrons. The maximum absolute atomic E-state index is 12.6. The molecule has 0 bridgehead atoms. The number of rotatable bonds is 13. The van der Waals surface area contributed by atoms with Gasteiger partial charge >= 0.3 is 0 Å². The number of hydrogen-bond donors (Lipinski definition) is 1. The van der Waals surface area contributed by atoms with Gasteiger partial charge in [0.05, 0.1) is 62.3 Å². The van der Waals surface area contributed by atoms with Gasteiger partial charge in [-0.2, -0.15) is 0 Å². The minimum Gasteiger partial charge on any atom is -0.382 e. The van der Waals surface area contributed by atoms with Crippen molar-refractivity contribution in [1.82, 2.24) is 4.90 Å². The van der Waals surface area contributed by atoms with Crippen LogP contribution in [0.1, 0.15) is 33.6 Å². The van der Waals surface area contributed by atoms with Crippen molar-refractivity contribution in [1.29, 1.82) is 0 Å². The first-order valence-electron chi connectivity index (χ1n) is 10.7. The summed E-state index contributed by atoms with van der Waals surface area (Å²) in [5, 5.41) is 10.4. The largest absolute Gasteiger partial charge is 0.382 e. The fraction of sp³-hybridized carbons (Fsp3) is 0.909. The summed E-state index contributed by atoms with van der Waals surface area (Å²) in [6.45, 7) is 8.86. The first-order valence-corrected chi connectivity index (χ1v) is 10.7. The fourth-order valence-electron chi connectivity index (χ4n) is 3.69. The van der Waals surface area contributed by atoms with Crippen molar-refractivity contribution in [2.24, 2.45) is 5.41 Å². The van der Waals surface area contributed by atoms with E-state index in [2.05, 4.69) is 35.2 Å². The van der Waals surface area contributed by atoms with Crippen LogP contribution >= 0.6 is 0 Å². The molecule has 7 nitrogen and oxygen atoms in total. The second-order valence-corrected chi connectivity index (χ2v) is 11.7. The Morgan fingerprint density at radius 2 is 1.48 bits per heavy atom. The lowest BCUT2D eigenvalue weighted by molar-refractivity contribution is -0.907. The minimum absolute atomic E-state index is 0.114. The van der Waals surface area contributed by atoms with Crippen LogP contribution < -0.4 is 0 Å². The van der Waals surface area contributed by atoms with Crippen molar-refractivity contribution in [3.63, 3.8) is 0 Å². The zero-order valence-corrected chi connectivity index (χ0v) is 21.1. The standard InChI is InChI=1S/C22H49N4O3/c1-12-22(2,3)21(29)23(4)18-26(10,11)16-19(27)13-14-25(8,9)17-20(28)15-24(5,6)7/h20,28H,12-18H2,1-11H3/q+3. The molecule has 1 atom stereocenters. The van der Waals surface area contributed by atoms with Gasteiger partial charge in [0.2, 0.25) is 5.91 Å². The number of nitrogens with zero attached hydrogens (tertiary/aromatic N) is 4. The molecule has 0 aliphatic heterocycles. The van der Waals surface area contributed by atoms with Crippen LogP contribution in [0.2, 0.25) is 0 Å². The van der Waals surface area contributed by atoms with Crippen LogP contribution in [0.3, 0.4) is 0 Å². The van der Waals surface area contributed by atoms with E-state index in [1.54, 1.807) is 4.90 Å². The summed E-state index contributed by atoms with van der Waals surface area (Å²) in [6, 6.07) is 0. The lowest BCUT2D eigenvalue weighted by Gasteiger charge is -2.37. The molecule has 0 saturated carbocycles. The van der Waals surface area contributed by atoms with Crippen LogP contribution in [0.5, 0.6) is 0 Å². The van der Waals surface area contributed by atoms with E-state index in [9.17, 15) is 14.7 Å². The predicted octanol–water partition coefficient (Wildman–Crippen LogP) is 1.02. The van der Waals surface area contributed by atoms with E-state index >= 15 is 0 Å². The summed E-state index contributed by atoms with van der Waals surface area (Å²) in [6.07, 6.45) is 0.869. The summed E-state index contributed by atoms with van der Waals surface area (Å²) in [4.78, 5) is 27.0. The molecule has 0 rings (SSSR count). The highest BCUT2D eigenvalue weighted by molar-refractivity contribution is 5.81. The van der Waals surface area contributed by atoms with Gasteiger partial charge in [-0.25, -0.2) is 0 Å². The second-order valence-electron chi connectivity index (χ2n) is 11.7. The predicted molar refractivity (Wildman–Crippen MR) is 119 cm³/mol. The van der Waals surface area contributed by atoms with Crippen molar-refractivity contribution in [2.45, 2.75) is 39.7 Å². The van der Waals surface area contributed by atoms with Gasteiger partial charge in [-0.1, -0.05) is 20.8 Å². The van der Waals surface area contributed by atoms with E-state index in [-0.39, 0.29) is 17.1 Å². The van der Waals surface area contributed by atoms with Crippen molar-refractivity contribution >= 4 is 11.7 Å². The van der Waals surface area contributed by atoms with Crippen LogP contribution in [0.25, 0.3) is 0 Å². The Morgan fingerprint density at radius 3 is 1.93 bits per heavy atom. The fourth-order valence-corrected chi connectivity index (χ4v) is 3.69. The molecule has 1 N–H and O–H groups in total. The Hall–Kier alpha value is -1.02. The molecule has 1 amide bonds. The molecule has 0 aromatic heterocycles. The molecule has 0 radical (unpaired) electrons. The lowest BCUT2D eigenvalue weighted by Crippen LogP contribution is -2.54. The number of Topliss-reactive ketones (excluding diaryl/α,β-unsaturated/α-hetero) is 1. The Labute approximate surface area is 179 Å². The summed E-state index contributed by atoms with van der Waals surface area (Å²) in [5.74, 6) is 0.306. The summed E-state index contributed by atoms with van der Waals surface area (Å²) >= 11 is 0. The van der Waals surface area contributed by atoms with Crippen LogP contribution in [0.15, 0.2) is 0 Å². The molecule has 0 aliphatic carbocycles. The molecule has 0 aromatic rings. The van der Waals surface area contributed by atoms with Gasteiger partial charge in [0.15, 0.2) is 18.6 Å². The van der Waals surface area contributed by atoms with E-state index < -0.39 is 6.10 Å². The topological polar surface area (TPSA) is 57.6 Å². The minimum atomic E-state index is -0.395. The molecular formula is C22H49N4O3+3.